The number of rotatable bonds is 9. The van der Waals surface area contributed by atoms with Crippen LogP contribution >= 0.6 is 0 Å². The zero-order valence-corrected chi connectivity index (χ0v) is 31.4. The number of nitrogens with zero attached hydrogens (tertiary/aromatic N) is 7. The molecule has 2 aromatic heterocycles. The van der Waals surface area contributed by atoms with Gasteiger partial charge in [-0.25, -0.2) is 24.7 Å². The van der Waals surface area contributed by atoms with Crippen molar-refractivity contribution < 1.29 is 37.3 Å². The van der Waals surface area contributed by atoms with Gasteiger partial charge in [0.25, 0.3) is 5.91 Å². The molecule has 9 rings (SSSR count). The van der Waals surface area contributed by atoms with E-state index in [9.17, 15) is 27.9 Å². The highest BCUT2D eigenvalue weighted by molar-refractivity contribution is 5.99. The first-order valence-corrected chi connectivity index (χ1v) is 19.9. The number of aromatic nitrogens is 4. The third kappa shape index (κ3) is 6.51. The van der Waals surface area contributed by atoms with E-state index < -0.39 is 40.3 Å². The van der Waals surface area contributed by atoms with Crippen molar-refractivity contribution in [3.63, 3.8) is 0 Å². The first-order chi connectivity index (χ1) is 26.9. The fourth-order valence-electron chi connectivity index (χ4n) is 10.4. The van der Waals surface area contributed by atoms with Gasteiger partial charge in [0, 0.05) is 68.7 Å². The number of anilines is 3. The SMILES string of the molecule is CCC1CC2CC(C1)C(NC(=O)c1cnc(N3CC4(CCN(C5COC5)C4)c4cc(OC5CCN(c6ncccn6)CC5)ccc43)nc1C(F)(F)F)(C(=O)O)C2. The molecule has 2 aliphatic carbocycles. The normalized spacial score (nSPS) is 29.4. The molecule has 2 N–H and O–H groups in total. The van der Waals surface area contributed by atoms with Crippen molar-refractivity contribution in [2.24, 2.45) is 17.8 Å². The summed E-state index contributed by atoms with van der Waals surface area (Å²) in [5.41, 5.74) is -2.58. The number of ether oxygens (including phenoxy) is 2. The highest BCUT2D eigenvalue weighted by Gasteiger charge is 2.57. The topological polar surface area (TPSA) is 146 Å². The molecule has 5 unspecified atom stereocenters. The van der Waals surface area contributed by atoms with Gasteiger partial charge in [0.15, 0.2) is 5.69 Å². The smallest absolute Gasteiger partial charge is 0.434 e. The zero-order chi connectivity index (χ0) is 38.8. The molecule has 1 aromatic carbocycles. The van der Waals surface area contributed by atoms with Crippen molar-refractivity contribution in [2.75, 3.05) is 55.7 Å². The number of fused-ring (bicyclic) bond motifs is 4. The fourth-order valence-corrected chi connectivity index (χ4v) is 10.4. The van der Waals surface area contributed by atoms with Crippen LogP contribution in [0.15, 0.2) is 42.9 Å². The van der Waals surface area contributed by atoms with Crippen LogP contribution in [-0.2, 0) is 21.1 Å². The van der Waals surface area contributed by atoms with Crippen LogP contribution in [0.25, 0.3) is 0 Å². The minimum absolute atomic E-state index is 0.0258. The standard InChI is InChI=1S/C40H47F3N8O5/c1-2-24-14-25-16-26(15-24)39(18-25,35(53)54)48-34(52)30-19-46-37(47-33(30)40(41,42)43)51-23-38(8-13-50(22-38)27-20-55-21-27)31-17-29(4-5-32(31)51)56-28-6-11-49(12-7-28)36-44-9-3-10-45-36/h3-5,9-10,17,19,24-28H,2,6-8,11-16,18,20-23H2,1H3,(H,48,52)(H,53,54). The Kier molecular flexibility index (Phi) is 9.33. The molecule has 3 aromatic rings. The molecule has 16 heteroatoms. The number of amides is 1. The monoisotopic (exact) mass is 776 g/mol. The van der Waals surface area contributed by atoms with Gasteiger partial charge in [0.1, 0.15) is 17.4 Å². The van der Waals surface area contributed by atoms with Gasteiger partial charge >= 0.3 is 12.1 Å². The van der Waals surface area contributed by atoms with Crippen LogP contribution in [0.4, 0.5) is 30.8 Å². The van der Waals surface area contributed by atoms with Crippen molar-refractivity contribution in [1.29, 1.82) is 0 Å². The van der Waals surface area contributed by atoms with E-state index >= 15 is 0 Å². The van der Waals surface area contributed by atoms with E-state index in [0.29, 0.717) is 62.4 Å². The predicted octanol–water partition coefficient (Wildman–Crippen LogP) is 5.23. The van der Waals surface area contributed by atoms with Crippen LogP contribution in [0.3, 0.4) is 0 Å². The molecule has 1 spiro atoms. The van der Waals surface area contributed by atoms with E-state index in [1.807, 2.05) is 18.2 Å². The van der Waals surface area contributed by atoms with Gasteiger partial charge in [-0.1, -0.05) is 13.3 Å². The lowest BCUT2D eigenvalue weighted by Gasteiger charge is -2.36. The van der Waals surface area contributed by atoms with Crippen LogP contribution in [0.1, 0.15) is 79.9 Å². The molecule has 13 nitrogen and oxygen atoms in total. The fraction of sp³-hybridized carbons (Fsp3) is 0.600. The number of piperidine rings is 1. The van der Waals surface area contributed by atoms with E-state index in [2.05, 4.69) is 42.0 Å². The maximum absolute atomic E-state index is 14.9. The Labute approximate surface area is 323 Å². The molecule has 0 radical (unpaired) electrons. The van der Waals surface area contributed by atoms with Crippen LogP contribution in [-0.4, -0.2) is 105 Å². The second kappa shape index (κ2) is 14.1. The van der Waals surface area contributed by atoms with Crippen molar-refractivity contribution in [2.45, 2.75) is 87.6 Å². The zero-order valence-electron chi connectivity index (χ0n) is 31.4. The number of halogens is 3. The van der Waals surface area contributed by atoms with Gasteiger partial charge < -0.3 is 29.7 Å². The van der Waals surface area contributed by atoms with E-state index in [1.54, 1.807) is 23.4 Å². The third-order valence-electron chi connectivity index (χ3n) is 13.4. The first-order valence-electron chi connectivity index (χ1n) is 19.9. The summed E-state index contributed by atoms with van der Waals surface area (Å²) in [6.07, 6.45) is 4.85. The average molecular weight is 777 g/mol. The Morgan fingerprint density at radius 1 is 1.04 bits per heavy atom. The largest absolute Gasteiger partial charge is 0.490 e. The lowest BCUT2D eigenvalue weighted by molar-refractivity contribution is -0.146. The summed E-state index contributed by atoms with van der Waals surface area (Å²) in [6.45, 7) is 6.69. The second-order valence-corrected chi connectivity index (χ2v) is 16.7. The number of carboxylic acid groups (broad SMARTS) is 1. The minimum Gasteiger partial charge on any atom is -0.490 e. The number of nitrogens with one attached hydrogen (secondary N) is 1. The van der Waals surface area contributed by atoms with E-state index in [1.165, 1.54) is 0 Å². The van der Waals surface area contributed by atoms with Crippen molar-refractivity contribution in [3.8, 4) is 5.75 Å². The molecule has 5 fully saturated rings. The summed E-state index contributed by atoms with van der Waals surface area (Å²) in [5, 5.41) is 13.0. The molecular weight excluding hydrogens is 729 g/mol. The Morgan fingerprint density at radius 2 is 1.82 bits per heavy atom. The predicted molar refractivity (Wildman–Crippen MR) is 198 cm³/mol. The molecule has 6 heterocycles. The quantitative estimate of drug-likeness (QED) is 0.294. The van der Waals surface area contributed by atoms with Crippen molar-refractivity contribution in [3.05, 3.63) is 59.7 Å². The number of alkyl halides is 3. The lowest BCUT2D eigenvalue weighted by Crippen LogP contribution is -2.57. The Morgan fingerprint density at radius 3 is 2.52 bits per heavy atom. The molecule has 4 aliphatic heterocycles. The van der Waals surface area contributed by atoms with Gasteiger partial charge in [0.05, 0.1) is 24.8 Å². The third-order valence-corrected chi connectivity index (χ3v) is 13.4. The highest BCUT2D eigenvalue weighted by atomic mass is 19.4. The minimum atomic E-state index is -5.01. The molecule has 2 bridgehead atoms. The molecule has 56 heavy (non-hydrogen) atoms. The average Bonchev–Trinajstić information content (AvgIpc) is 3.81. The number of carbonyl (C=O) groups excluding carboxylic acids is 1. The molecular formula is C40H47F3N8O5. The maximum atomic E-state index is 14.9. The number of carboxylic acids is 1. The number of carbonyl (C=O) groups is 2. The number of benzene rings is 1. The Bertz CT molecular complexity index is 1980. The summed E-state index contributed by atoms with van der Waals surface area (Å²) >= 11 is 0. The van der Waals surface area contributed by atoms with Gasteiger partial charge in [-0.15, -0.1) is 0 Å². The number of hydrogen-bond acceptors (Lipinski definition) is 11. The van der Waals surface area contributed by atoms with Crippen LogP contribution in [0.5, 0.6) is 5.75 Å². The van der Waals surface area contributed by atoms with E-state index in [-0.39, 0.29) is 36.4 Å². The van der Waals surface area contributed by atoms with Crippen LogP contribution in [0.2, 0.25) is 0 Å². The second-order valence-electron chi connectivity index (χ2n) is 16.7. The Balaban J connectivity index is 0.996. The summed E-state index contributed by atoms with van der Waals surface area (Å²) in [5.74, 6) is -1.05. The first kappa shape index (κ1) is 37.0. The summed E-state index contributed by atoms with van der Waals surface area (Å²) in [7, 11) is 0. The molecule has 1 amide bonds. The van der Waals surface area contributed by atoms with Gasteiger partial charge in [-0.3, -0.25) is 9.69 Å². The summed E-state index contributed by atoms with van der Waals surface area (Å²) in [4.78, 5) is 50.0. The summed E-state index contributed by atoms with van der Waals surface area (Å²) < 4.78 is 56.7. The van der Waals surface area contributed by atoms with Gasteiger partial charge in [-0.2, -0.15) is 13.2 Å². The highest BCUT2D eigenvalue weighted by Crippen LogP contribution is 2.53. The number of aliphatic carboxylic acids is 1. The molecule has 6 aliphatic rings. The summed E-state index contributed by atoms with van der Waals surface area (Å²) in [6, 6.07) is 7.83. The lowest BCUT2D eigenvalue weighted by atomic mass is 9.76. The molecule has 2 saturated carbocycles. The van der Waals surface area contributed by atoms with Crippen LogP contribution in [0, 0.1) is 17.8 Å². The van der Waals surface area contributed by atoms with Crippen molar-refractivity contribution >= 4 is 29.5 Å². The number of likely N-dealkylation sites (tertiary alicyclic amines) is 1. The maximum Gasteiger partial charge on any atom is 0.434 e. The van der Waals surface area contributed by atoms with E-state index in [0.717, 1.165) is 63.5 Å². The van der Waals surface area contributed by atoms with Crippen LogP contribution < -0.4 is 19.9 Å². The number of hydrogen-bond donors (Lipinski definition) is 2. The van der Waals surface area contributed by atoms with E-state index in [4.69, 9.17) is 9.47 Å². The molecule has 3 saturated heterocycles. The van der Waals surface area contributed by atoms with Crippen molar-refractivity contribution in [1.82, 2.24) is 30.2 Å². The molecule has 5 atom stereocenters. The van der Waals surface area contributed by atoms with Gasteiger partial charge in [0.2, 0.25) is 11.9 Å². The van der Waals surface area contributed by atoms with Gasteiger partial charge in [-0.05, 0) is 86.2 Å². The Hall–Kier alpha value is -4.57. The molecule has 298 valence electrons.